The number of ketones is 1. The van der Waals surface area contributed by atoms with Gasteiger partial charge in [-0.25, -0.2) is 0 Å². The molecule has 0 aliphatic heterocycles. The van der Waals surface area contributed by atoms with Crippen LogP contribution in [0.15, 0.2) is 35.9 Å². The predicted molar refractivity (Wildman–Crippen MR) is 63.1 cm³/mol. The van der Waals surface area contributed by atoms with Crippen molar-refractivity contribution in [3.8, 4) is 6.07 Å². The van der Waals surface area contributed by atoms with Crippen molar-refractivity contribution in [2.75, 3.05) is 0 Å². The summed E-state index contributed by atoms with van der Waals surface area (Å²) in [6, 6.07) is 8.86. The summed E-state index contributed by atoms with van der Waals surface area (Å²) in [7, 11) is 0. The van der Waals surface area contributed by atoms with Crippen LogP contribution in [-0.2, 0) is 4.79 Å². The van der Waals surface area contributed by atoms with Gasteiger partial charge in [0.1, 0.15) is 6.10 Å². The van der Waals surface area contributed by atoms with Gasteiger partial charge in [-0.05, 0) is 18.9 Å². The van der Waals surface area contributed by atoms with Gasteiger partial charge in [0, 0.05) is 17.6 Å². The summed E-state index contributed by atoms with van der Waals surface area (Å²) in [5, 5.41) is 19.2. The summed E-state index contributed by atoms with van der Waals surface area (Å²) in [4.78, 5) is 11.7. The number of hydrogen-bond donors (Lipinski definition) is 1. The fourth-order valence-electron chi connectivity index (χ4n) is 2.05. The number of nitriles is 1. The molecule has 1 atom stereocenters. The van der Waals surface area contributed by atoms with E-state index in [1.54, 1.807) is 30.3 Å². The van der Waals surface area contributed by atoms with E-state index in [0.29, 0.717) is 23.1 Å². The first-order valence-corrected chi connectivity index (χ1v) is 5.64. The maximum atomic E-state index is 11.7. The van der Waals surface area contributed by atoms with E-state index in [1.165, 1.54) is 0 Å². The molecule has 3 heteroatoms. The summed E-state index contributed by atoms with van der Waals surface area (Å²) in [5.41, 5.74) is 1.36. The Morgan fingerprint density at radius 3 is 2.82 bits per heavy atom. The van der Waals surface area contributed by atoms with Gasteiger partial charge in [0.05, 0.1) is 11.6 Å². The molecule has 0 heterocycles. The molecule has 0 spiro atoms. The van der Waals surface area contributed by atoms with Crippen LogP contribution in [0.4, 0.5) is 0 Å². The molecule has 1 aliphatic rings. The van der Waals surface area contributed by atoms with Crippen LogP contribution in [0.1, 0.15) is 36.5 Å². The van der Waals surface area contributed by atoms with Crippen LogP contribution in [0, 0.1) is 11.3 Å². The summed E-state index contributed by atoms with van der Waals surface area (Å²) in [6.45, 7) is 0. The molecular formula is C14H13NO2. The van der Waals surface area contributed by atoms with E-state index in [2.05, 4.69) is 0 Å². The van der Waals surface area contributed by atoms with E-state index >= 15 is 0 Å². The van der Waals surface area contributed by atoms with Crippen molar-refractivity contribution in [3.63, 3.8) is 0 Å². The average Bonchev–Trinajstić information content (AvgIpc) is 2.38. The minimum atomic E-state index is -0.973. The van der Waals surface area contributed by atoms with Gasteiger partial charge >= 0.3 is 0 Å². The fraction of sp³-hybridized carbons (Fsp3) is 0.286. The van der Waals surface area contributed by atoms with Crippen LogP contribution in [0.25, 0.3) is 0 Å². The van der Waals surface area contributed by atoms with Crippen molar-refractivity contribution >= 4 is 5.78 Å². The normalized spacial score (nSPS) is 17.2. The molecule has 1 aliphatic carbocycles. The van der Waals surface area contributed by atoms with Crippen LogP contribution in [0.3, 0.4) is 0 Å². The number of aliphatic hydroxyl groups excluding tert-OH is 1. The molecule has 0 aromatic heterocycles. The number of allylic oxidation sites excluding steroid dienone is 1. The first-order valence-electron chi connectivity index (χ1n) is 5.64. The van der Waals surface area contributed by atoms with Crippen LogP contribution < -0.4 is 0 Å². The second kappa shape index (κ2) is 4.94. The molecule has 0 radical (unpaired) electrons. The minimum Gasteiger partial charge on any atom is -0.383 e. The van der Waals surface area contributed by atoms with E-state index in [0.717, 1.165) is 12.8 Å². The topological polar surface area (TPSA) is 61.1 Å². The lowest BCUT2D eigenvalue weighted by molar-refractivity contribution is -0.117. The summed E-state index contributed by atoms with van der Waals surface area (Å²) in [5.74, 6) is -0.0171. The molecule has 0 saturated heterocycles. The third kappa shape index (κ3) is 2.27. The zero-order chi connectivity index (χ0) is 12.3. The molecular weight excluding hydrogens is 214 g/mol. The van der Waals surface area contributed by atoms with Gasteiger partial charge in [-0.1, -0.05) is 24.3 Å². The first kappa shape index (κ1) is 11.6. The number of Topliss-reactive ketones (excluding diaryl/α,β-unsaturated/α-hetero) is 1. The molecule has 1 aromatic rings. The van der Waals surface area contributed by atoms with Gasteiger partial charge in [0.2, 0.25) is 0 Å². The largest absolute Gasteiger partial charge is 0.383 e. The number of aliphatic hydroxyl groups is 1. The number of carbonyl (C=O) groups excluding carboxylic acids is 1. The van der Waals surface area contributed by atoms with Crippen molar-refractivity contribution in [3.05, 3.63) is 47.0 Å². The van der Waals surface area contributed by atoms with Crippen molar-refractivity contribution < 1.29 is 9.90 Å². The Bertz CT molecular complexity index is 511. The third-order valence-electron chi connectivity index (χ3n) is 2.96. The van der Waals surface area contributed by atoms with Crippen molar-refractivity contribution in [1.82, 2.24) is 0 Å². The van der Waals surface area contributed by atoms with Crippen molar-refractivity contribution in [2.24, 2.45) is 0 Å². The standard InChI is InChI=1S/C14H13NO2/c15-9-10-5-1-2-6-11(10)14(17)12-7-3-4-8-13(12)16/h1-2,5-7,14,17H,3-4,8H2. The molecule has 1 unspecified atom stereocenters. The van der Waals surface area contributed by atoms with Crippen LogP contribution in [0.5, 0.6) is 0 Å². The smallest absolute Gasteiger partial charge is 0.161 e. The van der Waals surface area contributed by atoms with Crippen LogP contribution in [0.2, 0.25) is 0 Å². The Morgan fingerprint density at radius 1 is 1.35 bits per heavy atom. The molecule has 0 saturated carbocycles. The lowest BCUT2D eigenvalue weighted by Crippen LogP contribution is -2.15. The van der Waals surface area contributed by atoms with Crippen molar-refractivity contribution in [2.45, 2.75) is 25.4 Å². The molecule has 3 nitrogen and oxygen atoms in total. The summed E-state index contributed by atoms with van der Waals surface area (Å²) in [6.07, 6.45) is 2.95. The predicted octanol–water partition coefficient (Wildman–Crippen LogP) is 2.27. The molecule has 1 N–H and O–H groups in total. The Labute approximate surface area is 100 Å². The van der Waals surface area contributed by atoms with Gasteiger partial charge in [0.25, 0.3) is 0 Å². The van der Waals surface area contributed by atoms with E-state index < -0.39 is 6.10 Å². The van der Waals surface area contributed by atoms with Gasteiger partial charge < -0.3 is 5.11 Å². The second-order valence-electron chi connectivity index (χ2n) is 4.08. The second-order valence-corrected chi connectivity index (χ2v) is 4.08. The quantitative estimate of drug-likeness (QED) is 0.843. The van der Waals surface area contributed by atoms with Gasteiger partial charge in [-0.3, -0.25) is 4.79 Å². The number of carbonyl (C=O) groups is 1. The Balaban J connectivity index is 2.37. The maximum Gasteiger partial charge on any atom is 0.161 e. The number of hydrogen-bond acceptors (Lipinski definition) is 3. The zero-order valence-electron chi connectivity index (χ0n) is 9.39. The number of nitrogens with zero attached hydrogens (tertiary/aromatic N) is 1. The van der Waals surface area contributed by atoms with Gasteiger partial charge in [-0.2, -0.15) is 5.26 Å². The highest BCUT2D eigenvalue weighted by molar-refractivity contribution is 5.97. The van der Waals surface area contributed by atoms with Crippen LogP contribution >= 0.6 is 0 Å². The van der Waals surface area contributed by atoms with Gasteiger partial charge in [0.15, 0.2) is 5.78 Å². The van der Waals surface area contributed by atoms with Crippen LogP contribution in [-0.4, -0.2) is 10.9 Å². The highest BCUT2D eigenvalue weighted by atomic mass is 16.3. The summed E-state index contributed by atoms with van der Waals surface area (Å²) >= 11 is 0. The fourth-order valence-corrected chi connectivity index (χ4v) is 2.05. The SMILES string of the molecule is N#Cc1ccccc1C(O)C1=CCCCC1=O. The molecule has 2 rings (SSSR count). The molecule has 0 fully saturated rings. The zero-order valence-corrected chi connectivity index (χ0v) is 9.39. The Hall–Kier alpha value is -1.92. The number of rotatable bonds is 2. The summed E-state index contributed by atoms with van der Waals surface area (Å²) < 4.78 is 0. The van der Waals surface area contributed by atoms with E-state index in [9.17, 15) is 9.90 Å². The molecule has 0 bridgehead atoms. The highest BCUT2D eigenvalue weighted by Crippen LogP contribution is 2.29. The molecule has 1 aromatic carbocycles. The lowest BCUT2D eigenvalue weighted by atomic mass is 9.89. The van der Waals surface area contributed by atoms with Crippen molar-refractivity contribution in [1.29, 1.82) is 5.26 Å². The van der Waals surface area contributed by atoms with E-state index in [-0.39, 0.29) is 5.78 Å². The first-order chi connectivity index (χ1) is 8.24. The minimum absolute atomic E-state index is 0.0171. The Kier molecular flexibility index (Phi) is 3.36. The monoisotopic (exact) mass is 227 g/mol. The maximum absolute atomic E-state index is 11.7. The highest BCUT2D eigenvalue weighted by Gasteiger charge is 2.23. The molecule has 86 valence electrons. The lowest BCUT2D eigenvalue weighted by Gasteiger charge is -2.18. The van der Waals surface area contributed by atoms with E-state index in [1.807, 2.05) is 6.07 Å². The third-order valence-corrected chi connectivity index (χ3v) is 2.96. The molecule has 0 amide bonds. The van der Waals surface area contributed by atoms with E-state index in [4.69, 9.17) is 5.26 Å². The van der Waals surface area contributed by atoms with Gasteiger partial charge in [-0.15, -0.1) is 0 Å². The Morgan fingerprint density at radius 2 is 2.12 bits per heavy atom. The number of benzene rings is 1. The average molecular weight is 227 g/mol. The molecule has 17 heavy (non-hydrogen) atoms.